The van der Waals surface area contributed by atoms with Crippen molar-refractivity contribution in [2.45, 2.75) is 10.9 Å². The van der Waals surface area contributed by atoms with Crippen LogP contribution in [0.3, 0.4) is 0 Å². The van der Waals surface area contributed by atoms with Crippen LogP contribution in [0.5, 0.6) is 0 Å². The number of benzene rings is 1. The Morgan fingerprint density at radius 2 is 2.00 bits per heavy atom. The van der Waals surface area contributed by atoms with Crippen LogP contribution in [0.15, 0.2) is 59.3 Å². The number of hydrogen-bond donors (Lipinski definition) is 1. The smallest absolute Gasteiger partial charge is 0.191 e. The molecule has 23 heavy (non-hydrogen) atoms. The minimum absolute atomic E-state index is 0.549. The molecule has 0 aliphatic heterocycles. The number of hydrogen-bond acceptors (Lipinski definition) is 6. The second-order valence-electron chi connectivity index (χ2n) is 4.94. The number of nitrogens with zero attached hydrogens (tertiary/aromatic N) is 4. The zero-order chi connectivity index (χ0) is 15.6. The van der Waals surface area contributed by atoms with Crippen molar-refractivity contribution >= 4 is 39.1 Å². The van der Waals surface area contributed by atoms with Crippen molar-refractivity contribution in [2.75, 3.05) is 5.73 Å². The standard InChI is InChI=1S/C16H13N5S2/c17-14-13-6-9-22-15(13)20-16(19-14)23-10-11-2-4-12(5-3-11)21-8-1-7-18-21/h1-9H,10H2,(H2,17,19,20). The summed E-state index contributed by atoms with van der Waals surface area (Å²) < 4.78 is 1.84. The second kappa shape index (κ2) is 6.02. The Balaban J connectivity index is 1.49. The van der Waals surface area contributed by atoms with E-state index in [2.05, 4.69) is 39.3 Å². The summed E-state index contributed by atoms with van der Waals surface area (Å²) in [4.78, 5) is 9.85. The Bertz CT molecular complexity index is 929. The highest BCUT2D eigenvalue weighted by atomic mass is 32.2. The summed E-state index contributed by atoms with van der Waals surface area (Å²) >= 11 is 3.17. The maximum Gasteiger partial charge on any atom is 0.191 e. The van der Waals surface area contributed by atoms with E-state index in [1.54, 1.807) is 29.3 Å². The van der Waals surface area contributed by atoms with Crippen molar-refractivity contribution in [3.8, 4) is 5.69 Å². The first-order chi connectivity index (χ1) is 11.3. The molecule has 4 aromatic rings. The highest BCUT2D eigenvalue weighted by Gasteiger charge is 2.07. The first-order valence-electron chi connectivity index (χ1n) is 7.02. The van der Waals surface area contributed by atoms with Gasteiger partial charge >= 0.3 is 0 Å². The number of nitrogens with two attached hydrogens (primary N) is 1. The molecule has 4 rings (SSSR count). The number of thioether (sulfide) groups is 1. The molecule has 0 saturated heterocycles. The summed E-state index contributed by atoms with van der Waals surface area (Å²) in [6.45, 7) is 0. The predicted molar refractivity (Wildman–Crippen MR) is 95.0 cm³/mol. The van der Waals surface area contributed by atoms with Crippen molar-refractivity contribution in [1.29, 1.82) is 0 Å². The fourth-order valence-electron chi connectivity index (χ4n) is 2.24. The van der Waals surface area contributed by atoms with E-state index in [0.29, 0.717) is 11.0 Å². The lowest BCUT2D eigenvalue weighted by molar-refractivity contribution is 0.880. The van der Waals surface area contributed by atoms with Gasteiger partial charge in [-0.2, -0.15) is 5.10 Å². The number of thiophene rings is 1. The number of nitrogen functional groups attached to an aromatic ring is 1. The lowest BCUT2D eigenvalue weighted by atomic mass is 10.2. The molecule has 0 amide bonds. The van der Waals surface area contributed by atoms with Crippen LogP contribution in [-0.2, 0) is 5.75 Å². The molecule has 0 atom stereocenters. The second-order valence-corrected chi connectivity index (χ2v) is 6.77. The molecule has 0 radical (unpaired) electrons. The van der Waals surface area contributed by atoms with Crippen LogP contribution in [0.2, 0.25) is 0 Å². The van der Waals surface area contributed by atoms with E-state index in [4.69, 9.17) is 5.73 Å². The number of anilines is 1. The van der Waals surface area contributed by atoms with Gasteiger partial charge in [-0.05, 0) is 35.2 Å². The summed E-state index contributed by atoms with van der Waals surface area (Å²) in [5.41, 5.74) is 8.23. The predicted octanol–water partition coefficient (Wildman–Crippen LogP) is 3.75. The van der Waals surface area contributed by atoms with Crippen molar-refractivity contribution < 1.29 is 0 Å². The molecule has 0 bridgehead atoms. The molecular formula is C16H13N5S2. The van der Waals surface area contributed by atoms with Crippen molar-refractivity contribution in [1.82, 2.24) is 19.7 Å². The van der Waals surface area contributed by atoms with Gasteiger partial charge in [-0.3, -0.25) is 0 Å². The molecule has 1 aromatic carbocycles. The average molecular weight is 339 g/mol. The van der Waals surface area contributed by atoms with Gasteiger partial charge in [-0.25, -0.2) is 14.6 Å². The summed E-state index contributed by atoms with van der Waals surface area (Å²) in [7, 11) is 0. The lowest BCUT2D eigenvalue weighted by Gasteiger charge is -2.05. The van der Waals surface area contributed by atoms with Crippen LogP contribution in [0, 0.1) is 0 Å². The molecular weight excluding hydrogens is 326 g/mol. The third-order valence-corrected chi connectivity index (χ3v) is 5.13. The minimum atomic E-state index is 0.549. The maximum atomic E-state index is 5.98. The van der Waals surface area contributed by atoms with Gasteiger partial charge in [0.1, 0.15) is 10.6 Å². The molecule has 114 valence electrons. The highest BCUT2D eigenvalue weighted by molar-refractivity contribution is 7.98. The summed E-state index contributed by atoms with van der Waals surface area (Å²) in [5.74, 6) is 1.35. The van der Waals surface area contributed by atoms with E-state index in [1.807, 2.05) is 28.4 Å². The van der Waals surface area contributed by atoms with E-state index in [0.717, 1.165) is 21.7 Å². The summed E-state index contributed by atoms with van der Waals surface area (Å²) in [5, 5.41) is 7.86. The van der Waals surface area contributed by atoms with Crippen LogP contribution in [0.25, 0.3) is 15.9 Å². The Morgan fingerprint density at radius 1 is 1.13 bits per heavy atom. The fourth-order valence-corrected chi connectivity index (χ4v) is 3.87. The first-order valence-corrected chi connectivity index (χ1v) is 8.88. The minimum Gasteiger partial charge on any atom is -0.383 e. The van der Waals surface area contributed by atoms with Gasteiger partial charge < -0.3 is 5.73 Å². The van der Waals surface area contributed by atoms with Gasteiger partial charge in [0, 0.05) is 18.1 Å². The molecule has 7 heteroatoms. The van der Waals surface area contributed by atoms with Crippen LogP contribution in [0.1, 0.15) is 5.56 Å². The molecule has 3 aromatic heterocycles. The molecule has 0 spiro atoms. The van der Waals surface area contributed by atoms with E-state index < -0.39 is 0 Å². The van der Waals surface area contributed by atoms with Gasteiger partial charge in [-0.15, -0.1) is 11.3 Å². The molecule has 0 unspecified atom stereocenters. The van der Waals surface area contributed by atoms with Gasteiger partial charge in [0.2, 0.25) is 0 Å². The quantitative estimate of drug-likeness (QED) is 0.453. The van der Waals surface area contributed by atoms with Crippen LogP contribution >= 0.6 is 23.1 Å². The van der Waals surface area contributed by atoms with E-state index in [-0.39, 0.29) is 0 Å². The third kappa shape index (κ3) is 2.93. The topological polar surface area (TPSA) is 69.6 Å². The van der Waals surface area contributed by atoms with E-state index in [1.165, 1.54) is 5.56 Å². The van der Waals surface area contributed by atoms with Crippen LogP contribution in [-0.4, -0.2) is 19.7 Å². The summed E-state index contributed by atoms with van der Waals surface area (Å²) in [6.07, 6.45) is 3.70. The maximum absolute atomic E-state index is 5.98. The normalized spacial score (nSPS) is 11.1. The van der Waals surface area contributed by atoms with Crippen molar-refractivity contribution in [3.63, 3.8) is 0 Å². The highest BCUT2D eigenvalue weighted by Crippen LogP contribution is 2.27. The zero-order valence-electron chi connectivity index (χ0n) is 12.1. The van der Waals surface area contributed by atoms with E-state index >= 15 is 0 Å². The SMILES string of the molecule is Nc1nc(SCc2ccc(-n3cccn3)cc2)nc2sccc12. The zero-order valence-corrected chi connectivity index (χ0v) is 13.7. The van der Waals surface area contributed by atoms with Crippen LogP contribution in [0.4, 0.5) is 5.82 Å². The number of aromatic nitrogens is 4. The van der Waals surface area contributed by atoms with Crippen molar-refractivity contribution in [3.05, 3.63) is 59.7 Å². The molecule has 2 N–H and O–H groups in total. The Kier molecular flexibility index (Phi) is 3.72. The average Bonchev–Trinajstić information content (AvgIpc) is 3.25. The van der Waals surface area contributed by atoms with Gasteiger partial charge in [0.05, 0.1) is 11.1 Å². The van der Waals surface area contributed by atoms with Crippen LogP contribution < -0.4 is 5.73 Å². The molecule has 0 fully saturated rings. The Labute approximate surface area is 141 Å². The third-order valence-electron chi connectivity index (χ3n) is 3.41. The molecule has 3 heterocycles. The number of rotatable bonds is 4. The molecule has 5 nitrogen and oxygen atoms in total. The summed E-state index contributed by atoms with van der Waals surface area (Å²) in [6, 6.07) is 12.2. The monoisotopic (exact) mass is 339 g/mol. The van der Waals surface area contributed by atoms with Gasteiger partial charge in [0.25, 0.3) is 0 Å². The molecule has 0 aliphatic rings. The largest absolute Gasteiger partial charge is 0.383 e. The first kappa shape index (κ1) is 14.2. The fraction of sp³-hybridized carbons (Fsp3) is 0.0625. The lowest BCUT2D eigenvalue weighted by Crippen LogP contribution is -1.96. The van der Waals surface area contributed by atoms with Gasteiger partial charge in [-0.1, -0.05) is 23.9 Å². The number of fused-ring (bicyclic) bond motifs is 1. The van der Waals surface area contributed by atoms with E-state index in [9.17, 15) is 0 Å². The Morgan fingerprint density at radius 3 is 2.78 bits per heavy atom. The van der Waals surface area contributed by atoms with Gasteiger partial charge in [0.15, 0.2) is 5.16 Å². The molecule has 0 saturated carbocycles. The Hall–Kier alpha value is -2.38. The molecule has 0 aliphatic carbocycles. The van der Waals surface area contributed by atoms with Crippen molar-refractivity contribution in [2.24, 2.45) is 0 Å².